The predicted octanol–water partition coefficient (Wildman–Crippen LogP) is 1.77. The van der Waals surface area contributed by atoms with Crippen molar-refractivity contribution >= 4 is 10.0 Å². The molecule has 0 aliphatic heterocycles. The molecule has 1 aromatic rings. The SMILES string of the molecule is CC(N)c1cccc(S(=O)(=O)N(CCC#N)C2CC2)c1. The molecule has 1 atom stereocenters. The first-order valence-corrected chi connectivity index (χ1v) is 8.15. The summed E-state index contributed by atoms with van der Waals surface area (Å²) in [4.78, 5) is 0.261. The molecule has 1 saturated carbocycles. The summed E-state index contributed by atoms with van der Waals surface area (Å²) in [5.74, 6) is 0. The third kappa shape index (κ3) is 3.18. The van der Waals surface area contributed by atoms with Crippen molar-refractivity contribution in [2.45, 2.75) is 43.2 Å². The van der Waals surface area contributed by atoms with Gasteiger partial charge in [0.05, 0.1) is 11.0 Å². The van der Waals surface area contributed by atoms with E-state index in [2.05, 4.69) is 0 Å². The average molecular weight is 293 g/mol. The first kappa shape index (κ1) is 15.0. The number of hydrogen-bond acceptors (Lipinski definition) is 4. The van der Waals surface area contributed by atoms with Crippen LogP contribution in [-0.4, -0.2) is 25.3 Å². The minimum Gasteiger partial charge on any atom is -0.324 e. The van der Waals surface area contributed by atoms with E-state index in [0.717, 1.165) is 18.4 Å². The van der Waals surface area contributed by atoms with Crippen molar-refractivity contribution in [3.8, 4) is 6.07 Å². The molecule has 1 fully saturated rings. The molecule has 2 N–H and O–H groups in total. The van der Waals surface area contributed by atoms with E-state index in [0.29, 0.717) is 0 Å². The molecule has 1 aromatic carbocycles. The van der Waals surface area contributed by atoms with Gasteiger partial charge in [0, 0.05) is 25.0 Å². The summed E-state index contributed by atoms with van der Waals surface area (Å²) >= 11 is 0. The fraction of sp³-hybridized carbons (Fsp3) is 0.500. The minimum atomic E-state index is -3.54. The van der Waals surface area contributed by atoms with E-state index < -0.39 is 10.0 Å². The second-order valence-corrected chi connectivity index (χ2v) is 7.01. The van der Waals surface area contributed by atoms with Crippen LogP contribution in [0.4, 0.5) is 0 Å². The van der Waals surface area contributed by atoms with Crippen LogP contribution < -0.4 is 5.73 Å². The molecule has 0 amide bonds. The molecule has 1 aliphatic carbocycles. The van der Waals surface area contributed by atoms with E-state index in [1.54, 1.807) is 18.2 Å². The third-order valence-corrected chi connectivity index (χ3v) is 5.34. The van der Waals surface area contributed by atoms with Crippen molar-refractivity contribution in [2.75, 3.05) is 6.54 Å². The van der Waals surface area contributed by atoms with Crippen molar-refractivity contribution in [1.82, 2.24) is 4.31 Å². The lowest BCUT2D eigenvalue weighted by Crippen LogP contribution is -2.34. The Morgan fingerprint density at radius 1 is 1.50 bits per heavy atom. The number of nitrogens with zero attached hydrogens (tertiary/aromatic N) is 2. The van der Waals surface area contributed by atoms with Crippen LogP contribution in [0, 0.1) is 11.3 Å². The highest BCUT2D eigenvalue weighted by Gasteiger charge is 2.37. The van der Waals surface area contributed by atoms with Gasteiger partial charge in [0.2, 0.25) is 10.0 Å². The summed E-state index contributed by atoms with van der Waals surface area (Å²) in [6.45, 7) is 2.08. The maximum absolute atomic E-state index is 12.7. The first-order chi connectivity index (χ1) is 9.46. The van der Waals surface area contributed by atoms with Gasteiger partial charge in [-0.15, -0.1) is 0 Å². The van der Waals surface area contributed by atoms with Crippen molar-refractivity contribution < 1.29 is 8.42 Å². The number of hydrogen-bond donors (Lipinski definition) is 1. The minimum absolute atomic E-state index is 0.0484. The first-order valence-electron chi connectivity index (χ1n) is 6.71. The highest BCUT2D eigenvalue weighted by Crippen LogP contribution is 2.32. The molecular weight excluding hydrogens is 274 g/mol. The van der Waals surface area contributed by atoms with Crippen LogP contribution in [0.1, 0.15) is 37.8 Å². The molecule has 108 valence electrons. The Hall–Kier alpha value is -1.42. The Morgan fingerprint density at radius 3 is 2.75 bits per heavy atom. The Kier molecular flexibility index (Phi) is 4.43. The largest absolute Gasteiger partial charge is 0.324 e. The molecule has 0 radical (unpaired) electrons. The molecule has 0 bridgehead atoms. The van der Waals surface area contributed by atoms with Crippen molar-refractivity contribution in [3.05, 3.63) is 29.8 Å². The Morgan fingerprint density at radius 2 is 2.20 bits per heavy atom. The van der Waals surface area contributed by atoms with Gasteiger partial charge < -0.3 is 5.73 Å². The van der Waals surface area contributed by atoms with Gasteiger partial charge in [-0.3, -0.25) is 0 Å². The number of rotatable bonds is 6. The van der Waals surface area contributed by atoms with Crippen LogP contribution in [0.5, 0.6) is 0 Å². The fourth-order valence-corrected chi connectivity index (χ4v) is 3.86. The summed E-state index contributed by atoms with van der Waals surface area (Å²) in [5, 5.41) is 8.68. The lowest BCUT2D eigenvalue weighted by Gasteiger charge is -2.21. The second kappa shape index (κ2) is 5.92. The van der Waals surface area contributed by atoms with E-state index in [-0.39, 0.29) is 29.9 Å². The third-order valence-electron chi connectivity index (χ3n) is 3.39. The molecule has 0 spiro atoms. The molecule has 0 saturated heterocycles. The Labute approximate surface area is 120 Å². The summed E-state index contributed by atoms with van der Waals surface area (Å²) in [7, 11) is -3.54. The van der Waals surface area contributed by atoms with Crippen molar-refractivity contribution in [3.63, 3.8) is 0 Å². The van der Waals surface area contributed by atoms with Gasteiger partial charge >= 0.3 is 0 Å². The van der Waals surface area contributed by atoms with Crippen LogP contribution >= 0.6 is 0 Å². The highest BCUT2D eigenvalue weighted by molar-refractivity contribution is 7.89. The summed E-state index contributed by atoms with van der Waals surface area (Å²) < 4.78 is 26.8. The molecule has 0 heterocycles. The smallest absolute Gasteiger partial charge is 0.243 e. The van der Waals surface area contributed by atoms with Crippen LogP contribution in [0.2, 0.25) is 0 Å². The lowest BCUT2D eigenvalue weighted by atomic mass is 10.1. The van der Waals surface area contributed by atoms with Crippen LogP contribution in [-0.2, 0) is 10.0 Å². The van der Waals surface area contributed by atoms with Gasteiger partial charge in [0.1, 0.15) is 0 Å². The van der Waals surface area contributed by atoms with E-state index in [4.69, 9.17) is 11.0 Å². The van der Waals surface area contributed by atoms with Gasteiger partial charge in [-0.05, 0) is 37.5 Å². The fourth-order valence-electron chi connectivity index (χ4n) is 2.12. The van der Waals surface area contributed by atoms with E-state index in [9.17, 15) is 8.42 Å². The molecule has 5 nitrogen and oxygen atoms in total. The quantitative estimate of drug-likeness (QED) is 0.866. The van der Waals surface area contributed by atoms with E-state index >= 15 is 0 Å². The summed E-state index contributed by atoms with van der Waals surface area (Å²) in [5.41, 5.74) is 6.60. The molecule has 1 unspecified atom stereocenters. The molecule has 2 rings (SSSR count). The van der Waals surface area contributed by atoms with Gasteiger partial charge in [0.15, 0.2) is 0 Å². The number of sulfonamides is 1. The topological polar surface area (TPSA) is 87.2 Å². The molecule has 20 heavy (non-hydrogen) atoms. The molecule has 1 aliphatic rings. The van der Waals surface area contributed by atoms with Crippen molar-refractivity contribution in [2.24, 2.45) is 5.73 Å². The average Bonchev–Trinajstić information content (AvgIpc) is 3.23. The maximum atomic E-state index is 12.7. The van der Waals surface area contributed by atoms with Gasteiger partial charge in [-0.25, -0.2) is 8.42 Å². The monoisotopic (exact) mass is 293 g/mol. The van der Waals surface area contributed by atoms with Crippen LogP contribution in [0.15, 0.2) is 29.2 Å². The van der Waals surface area contributed by atoms with Crippen molar-refractivity contribution in [1.29, 1.82) is 5.26 Å². The normalized spacial score (nSPS) is 16.9. The summed E-state index contributed by atoms with van der Waals surface area (Å²) in [6, 6.07) is 8.59. The van der Waals surface area contributed by atoms with E-state index in [1.165, 1.54) is 4.31 Å². The summed E-state index contributed by atoms with van der Waals surface area (Å²) in [6.07, 6.45) is 1.96. The zero-order valence-electron chi connectivity index (χ0n) is 11.5. The van der Waals surface area contributed by atoms with Gasteiger partial charge in [0.25, 0.3) is 0 Å². The van der Waals surface area contributed by atoms with Gasteiger partial charge in [-0.1, -0.05) is 12.1 Å². The predicted molar refractivity (Wildman–Crippen MR) is 76.2 cm³/mol. The number of benzene rings is 1. The van der Waals surface area contributed by atoms with E-state index in [1.807, 2.05) is 19.1 Å². The standard InChI is InChI=1S/C14H19N3O2S/c1-11(16)12-4-2-5-14(10-12)20(18,19)17(9-3-8-15)13-6-7-13/h2,4-5,10-11,13H,3,6-7,9,16H2,1H3. The van der Waals surface area contributed by atoms with Crippen LogP contribution in [0.3, 0.4) is 0 Å². The number of nitrogens with two attached hydrogens (primary N) is 1. The molecule has 6 heteroatoms. The zero-order valence-corrected chi connectivity index (χ0v) is 12.3. The number of nitriles is 1. The second-order valence-electron chi connectivity index (χ2n) is 5.12. The highest BCUT2D eigenvalue weighted by atomic mass is 32.2. The molecule has 0 aromatic heterocycles. The molecular formula is C14H19N3O2S. The Balaban J connectivity index is 2.32. The lowest BCUT2D eigenvalue weighted by molar-refractivity contribution is 0.411. The zero-order chi connectivity index (χ0) is 14.8. The van der Waals surface area contributed by atoms with Gasteiger partial charge in [-0.2, -0.15) is 9.57 Å². The Bertz CT molecular complexity index is 616. The maximum Gasteiger partial charge on any atom is 0.243 e. The van der Waals surface area contributed by atoms with Crippen LogP contribution in [0.25, 0.3) is 0 Å².